The number of anilines is 1. The fraction of sp³-hybridized carbons (Fsp3) is 0.150. The van der Waals surface area contributed by atoms with Gasteiger partial charge in [0, 0.05) is 11.7 Å². The molecule has 0 radical (unpaired) electrons. The van der Waals surface area contributed by atoms with Crippen molar-refractivity contribution in [1.29, 1.82) is 0 Å². The number of aromatic carboxylic acids is 1. The molecule has 0 saturated carbocycles. The second kappa shape index (κ2) is 8.28. The first-order valence-electron chi connectivity index (χ1n) is 8.58. The highest BCUT2D eigenvalue weighted by atomic mass is 32.2. The summed E-state index contributed by atoms with van der Waals surface area (Å²) >= 11 is 0. The third-order valence-electron chi connectivity index (χ3n) is 4.20. The van der Waals surface area contributed by atoms with Gasteiger partial charge in [-0.25, -0.2) is 17.9 Å². The van der Waals surface area contributed by atoms with E-state index in [1.807, 2.05) is 30.3 Å². The van der Waals surface area contributed by atoms with E-state index in [4.69, 9.17) is 4.42 Å². The number of hydrogen-bond acceptors (Lipinski definition) is 5. The molecule has 1 heterocycles. The number of hydrogen-bond donors (Lipinski definition) is 3. The second-order valence-corrected chi connectivity index (χ2v) is 7.91. The van der Waals surface area contributed by atoms with Gasteiger partial charge in [-0.15, -0.1) is 0 Å². The Labute approximate surface area is 163 Å². The van der Waals surface area contributed by atoms with Crippen molar-refractivity contribution >= 4 is 21.7 Å². The molecule has 1 aromatic heterocycles. The smallest absolute Gasteiger partial charge is 0.337 e. The Bertz CT molecular complexity index is 1050. The maximum absolute atomic E-state index is 12.7. The number of rotatable bonds is 8. The van der Waals surface area contributed by atoms with Crippen LogP contribution in [0.2, 0.25) is 0 Å². The molecule has 0 saturated heterocycles. The van der Waals surface area contributed by atoms with E-state index in [1.54, 1.807) is 19.1 Å². The highest BCUT2D eigenvalue weighted by molar-refractivity contribution is 7.89. The lowest BCUT2D eigenvalue weighted by Crippen LogP contribution is -2.27. The molecule has 146 valence electrons. The third kappa shape index (κ3) is 4.59. The molecule has 2 aromatic carbocycles. The van der Waals surface area contributed by atoms with E-state index in [0.29, 0.717) is 11.4 Å². The number of sulfonamides is 1. The van der Waals surface area contributed by atoms with Crippen LogP contribution in [0.3, 0.4) is 0 Å². The molecular weight excluding hydrogens is 380 g/mol. The fourth-order valence-electron chi connectivity index (χ4n) is 2.73. The van der Waals surface area contributed by atoms with Crippen LogP contribution in [0.4, 0.5) is 5.69 Å². The summed E-state index contributed by atoms with van der Waals surface area (Å²) in [7, 11) is -3.90. The standard InChI is InChI=1S/C20H20N2O5S/c1-14(15-6-3-2-4-7-15)22-28(25,26)17-9-10-19(18(12-17)20(23)24)21-13-16-8-5-11-27-16/h2-12,14,21-22H,13H2,1H3,(H,23,24). The van der Waals surface area contributed by atoms with Crippen molar-refractivity contribution in [3.8, 4) is 0 Å². The van der Waals surface area contributed by atoms with Crippen LogP contribution in [0.5, 0.6) is 0 Å². The van der Waals surface area contributed by atoms with E-state index >= 15 is 0 Å². The molecule has 3 N–H and O–H groups in total. The van der Waals surface area contributed by atoms with Gasteiger partial charge in [0.1, 0.15) is 5.76 Å². The van der Waals surface area contributed by atoms with Crippen LogP contribution < -0.4 is 10.0 Å². The molecule has 7 nitrogen and oxygen atoms in total. The molecule has 8 heteroatoms. The average molecular weight is 400 g/mol. The van der Waals surface area contributed by atoms with Crippen LogP contribution in [0.1, 0.15) is 34.6 Å². The van der Waals surface area contributed by atoms with E-state index in [2.05, 4.69) is 10.0 Å². The first-order valence-corrected chi connectivity index (χ1v) is 10.1. The molecule has 3 aromatic rings. The second-order valence-electron chi connectivity index (χ2n) is 6.20. The molecule has 0 aliphatic rings. The molecule has 0 spiro atoms. The summed E-state index contributed by atoms with van der Waals surface area (Å²) in [6.07, 6.45) is 1.52. The van der Waals surface area contributed by atoms with Crippen LogP contribution in [-0.4, -0.2) is 19.5 Å². The first-order chi connectivity index (χ1) is 13.4. The Morgan fingerprint density at radius 3 is 2.50 bits per heavy atom. The van der Waals surface area contributed by atoms with Crippen molar-refractivity contribution in [2.45, 2.75) is 24.4 Å². The summed E-state index contributed by atoms with van der Waals surface area (Å²) in [5.74, 6) is -0.596. The molecule has 0 aliphatic heterocycles. The van der Waals surface area contributed by atoms with E-state index in [9.17, 15) is 18.3 Å². The number of carboxylic acid groups (broad SMARTS) is 1. The van der Waals surface area contributed by atoms with Crippen molar-refractivity contribution < 1.29 is 22.7 Å². The van der Waals surface area contributed by atoms with E-state index in [1.165, 1.54) is 18.4 Å². The predicted octanol–water partition coefficient (Wildman–Crippen LogP) is 3.63. The summed E-state index contributed by atoms with van der Waals surface area (Å²) in [5.41, 5.74) is 0.974. The van der Waals surface area contributed by atoms with Gasteiger partial charge in [-0.2, -0.15) is 0 Å². The van der Waals surface area contributed by atoms with Gasteiger partial charge in [0.2, 0.25) is 10.0 Å². The number of benzene rings is 2. The summed E-state index contributed by atoms with van der Waals surface area (Å²) in [6, 6.07) is 16.1. The van der Waals surface area contributed by atoms with Crippen LogP contribution in [-0.2, 0) is 16.6 Å². The SMILES string of the molecule is CC(NS(=O)(=O)c1ccc(NCc2ccco2)c(C(=O)O)c1)c1ccccc1. The van der Waals surface area contributed by atoms with Crippen molar-refractivity contribution in [3.63, 3.8) is 0 Å². The summed E-state index contributed by atoms with van der Waals surface area (Å²) in [4.78, 5) is 11.5. The number of carboxylic acids is 1. The zero-order valence-electron chi connectivity index (χ0n) is 15.1. The Morgan fingerprint density at radius 1 is 1.11 bits per heavy atom. The molecule has 0 fully saturated rings. The Balaban J connectivity index is 1.82. The van der Waals surface area contributed by atoms with Gasteiger partial charge in [-0.3, -0.25) is 0 Å². The minimum Gasteiger partial charge on any atom is -0.478 e. The maximum atomic E-state index is 12.7. The fourth-order valence-corrected chi connectivity index (χ4v) is 3.99. The van der Waals surface area contributed by atoms with Crippen LogP contribution in [0, 0.1) is 0 Å². The molecule has 0 amide bonds. The van der Waals surface area contributed by atoms with Crippen molar-refractivity contribution in [2.24, 2.45) is 0 Å². The summed E-state index contributed by atoms with van der Waals surface area (Å²) < 4.78 is 33.2. The zero-order valence-corrected chi connectivity index (χ0v) is 15.9. The number of furan rings is 1. The zero-order chi connectivity index (χ0) is 20.1. The molecule has 28 heavy (non-hydrogen) atoms. The largest absolute Gasteiger partial charge is 0.478 e. The van der Waals surface area contributed by atoms with Crippen LogP contribution in [0.25, 0.3) is 0 Å². The number of carbonyl (C=O) groups is 1. The molecule has 3 rings (SSSR count). The normalized spacial score (nSPS) is 12.5. The van der Waals surface area contributed by atoms with Crippen LogP contribution in [0.15, 0.2) is 76.2 Å². The molecule has 0 bridgehead atoms. The van der Waals surface area contributed by atoms with Gasteiger partial charge in [0.15, 0.2) is 0 Å². The Hall–Kier alpha value is -3.10. The van der Waals surface area contributed by atoms with Crippen molar-refractivity contribution in [1.82, 2.24) is 4.72 Å². The number of nitrogens with one attached hydrogen (secondary N) is 2. The van der Waals surface area contributed by atoms with Gasteiger partial charge < -0.3 is 14.8 Å². The minimum absolute atomic E-state index is 0.115. The third-order valence-corrected chi connectivity index (χ3v) is 5.73. The predicted molar refractivity (Wildman–Crippen MR) is 105 cm³/mol. The first kappa shape index (κ1) is 19.7. The van der Waals surface area contributed by atoms with E-state index in [-0.39, 0.29) is 17.0 Å². The average Bonchev–Trinajstić information content (AvgIpc) is 3.20. The highest BCUT2D eigenvalue weighted by Crippen LogP contribution is 2.23. The Kier molecular flexibility index (Phi) is 5.81. The molecular formula is C20H20N2O5S. The lowest BCUT2D eigenvalue weighted by Gasteiger charge is -2.16. The molecule has 1 atom stereocenters. The maximum Gasteiger partial charge on any atom is 0.337 e. The lowest BCUT2D eigenvalue weighted by molar-refractivity contribution is 0.0697. The summed E-state index contributed by atoms with van der Waals surface area (Å²) in [6.45, 7) is 2.01. The van der Waals surface area contributed by atoms with Gasteiger partial charge in [-0.05, 0) is 42.8 Å². The Morgan fingerprint density at radius 2 is 1.86 bits per heavy atom. The van der Waals surface area contributed by atoms with Crippen molar-refractivity contribution in [2.75, 3.05) is 5.32 Å². The van der Waals surface area contributed by atoms with Crippen molar-refractivity contribution in [3.05, 3.63) is 83.8 Å². The van der Waals surface area contributed by atoms with Gasteiger partial charge in [0.25, 0.3) is 0 Å². The summed E-state index contributed by atoms with van der Waals surface area (Å²) in [5, 5.41) is 12.4. The quantitative estimate of drug-likeness (QED) is 0.533. The molecule has 1 unspecified atom stereocenters. The monoisotopic (exact) mass is 400 g/mol. The van der Waals surface area contributed by atoms with Gasteiger partial charge >= 0.3 is 5.97 Å². The molecule has 0 aliphatic carbocycles. The minimum atomic E-state index is -3.90. The topological polar surface area (TPSA) is 109 Å². The van der Waals surface area contributed by atoms with Gasteiger partial charge in [0.05, 0.1) is 23.3 Å². The van der Waals surface area contributed by atoms with Gasteiger partial charge in [-0.1, -0.05) is 30.3 Å². The lowest BCUT2D eigenvalue weighted by atomic mass is 10.1. The van der Waals surface area contributed by atoms with Crippen LogP contribution >= 0.6 is 0 Å². The van der Waals surface area contributed by atoms with E-state index < -0.39 is 22.0 Å². The van der Waals surface area contributed by atoms with E-state index in [0.717, 1.165) is 11.6 Å². The highest BCUT2D eigenvalue weighted by Gasteiger charge is 2.21.